The third kappa shape index (κ3) is 2.61. The van der Waals surface area contributed by atoms with Gasteiger partial charge in [0.25, 0.3) is 0 Å². The predicted molar refractivity (Wildman–Crippen MR) is 95.0 cm³/mol. The summed E-state index contributed by atoms with van der Waals surface area (Å²) < 4.78 is 0. The Kier molecular flexibility index (Phi) is 3.83. The minimum Gasteiger partial charge on any atom is -0.0978 e. The zero-order valence-electron chi connectivity index (χ0n) is 12.9. The standard InChI is InChI=1S/C20H20B/c1-4-7-14(2)10-12-17-15(3)21-20-18-9-6-5-8-16(18)11-13-19(17)20/h4-14H,1-3H3/b7-4-,12-10-. The third-order valence-electron chi connectivity index (χ3n) is 4.11. The van der Waals surface area contributed by atoms with E-state index < -0.39 is 0 Å². The van der Waals surface area contributed by atoms with E-state index in [1.165, 1.54) is 32.8 Å². The van der Waals surface area contributed by atoms with E-state index in [-0.39, 0.29) is 0 Å². The summed E-state index contributed by atoms with van der Waals surface area (Å²) in [5.74, 6) is 0.472. The summed E-state index contributed by atoms with van der Waals surface area (Å²) in [6, 6.07) is 13.1. The summed E-state index contributed by atoms with van der Waals surface area (Å²) in [6.45, 7) is 6.49. The molecule has 0 aliphatic carbocycles. The molecule has 0 fully saturated rings. The van der Waals surface area contributed by atoms with Gasteiger partial charge >= 0.3 is 0 Å². The maximum atomic E-state index is 2.32. The van der Waals surface area contributed by atoms with Gasteiger partial charge in [-0.1, -0.05) is 85.5 Å². The zero-order chi connectivity index (χ0) is 14.8. The van der Waals surface area contributed by atoms with Crippen LogP contribution in [0.5, 0.6) is 0 Å². The SMILES string of the molecule is C/C=C\C(C)/C=C\C1=C(C)[B]c2c1ccc1ccccc21. The first-order valence-electron chi connectivity index (χ1n) is 7.59. The Hall–Kier alpha value is -2.02. The Balaban J connectivity index is 2.03. The monoisotopic (exact) mass is 271 g/mol. The number of rotatable bonds is 3. The van der Waals surface area contributed by atoms with Gasteiger partial charge < -0.3 is 0 Å². The molecule has 0 spiro atoms. The van der Waals surface area contributed by atoms with Gasteiger partial charge in [-0.05, 0) is 34.8 Å². The fraction of sp³-hybridized carbons (Fsp3) is 0.200. The van der Waals surface area contributed by atoms with Crippen LogP contribution in [0.4, 0.5) is 0 Å². The fourth-order valence-corrected chi connectivity index (χ4v) is 3.03. The van der Waals surface area contributed by atoms with E-state index in [1.54, 1.807) is 0 Å². The predicted octanol–water partition coefficient (Wildman–Crippen LogP) is 4.68. The van der Waals surface area contributed by atoms with Gasteiger partial charge in [0.15, 0.2) is 7.28 Å². The van der Waals surface area contributed by atoms with Crippen LogP contribution in [0, 0.1) is 5.92 Å². The van der Waals surface area contributed by atoms with Gasteiger partial charge in [0, 0.05) is 0 Å². The van der Waals surface area contributed by atoms with Crippen molar-refractivity contribution in [2.75, 3.05) is 0 Å². The average molecular weight is 271 g/mol. The second-order valence-electron chi connectivity index (χ2n) is 5.73. The maximum Gasteiger partial charge on any atom is 0.187 e. The highest BCUT2D eigenvalue weighted by Crippen LogP contribution is 2.28. The van der Waals surface area contributed by atoms with Gasteiger partial charge in [0.05, 0.1) is 0 Å². The highest BCUT2D eigenvalue weighted by molar-refractivity contribution is 6.69. The van der Waals surface area contributed by atoms with E-state index in [0.29, 0.717) is 5.92 Å². The van der Waals surface area contributed by atoms with Crippen LogP contribution in [-0.2, 0) is 0 Å². The molecule has 103 valence electrons. The molecular weight excluding hydrogens is 251 g/mol. The van der Waals surface area contributed by atoms with Gasteiger partial charge in [-0.2, -0.15) is 0 Å². The molecule has 0 saturated carbocycles. The fourth-order valence-electron chi connectivity index (χ4n) is 3.03. The Morgan fingerprint density at radius 1 is 1.05 bits per heavy atom. The molecule has 1 aliphatic heterocycles. The highest BCUT2D eigenvalue weighted by atomic mass is 14.1. The second-order valence-corrected chi connectivity index (χ2v) is 5.73. The molecule has 0 N–H and O–H groups in total. The summed E-state index contributed by atoms with van der Waals surface area (Å²) in [5, 5.41) is 2.66. The van der Waals surface area contributed by atoms with Crippen LogP contribution in [0.25, 0.3) is 16.3 Å². The van der Waals surface area contributed by atoms with Gasteiger partial charge in [0.2, 0.25) is 0 Å². The molecule has 1 unspecified atom stereocenters. The Labute approximate surface area is 128 Å². The summed E-state index contributed by atoms with van der Waals surface area (Å²) in [7, 11) is 2.32. The smallest absolute Gasteiger partial charge is 0.0978 e. The normalized spacial score (nSPS) is 16.0. The van der Waals surface area contributed by atoms with Crippen molar-refractivity contribution in [1.29, 1.82) is 0 Å². The van der Waals surface area contributed by atoms with Crippen molar-refractivity contribution in [1.82, 2.24) is 0 Å². The molecule has 1 aliphatic rings. The van der Waals surface area contributed by atoms with Crippen LogP contribution in [0.1, 0.15) is 26.3 Å². The van der Waals surface area contributed by atoms with Gasteiger partial charge in [-0.15, -0.1) is 0 Å². The lowest BCUT2D eigenvalue weighted by molar-refractivity contribution is 0.938. The third-order valence-corrected chi connectivity index (χ3v) is 4.11. The van der Waals surface area contributed by atoms with Crippen LogP contribution in [0.2, 0.25) is 0 Å². The Morgan fingerprint density at radius 2 is 1.86 bits per heavy atom. The summed E-state index contributed by atoms with van der Waals surface area (Å²) in [5.41, 5.74) is 5.43. The van der Waals surface area contributed by atoms with E-state index in [1.807, 2.05) is 0 Å². The first-order valence-corrected chi connectivity index (χ1v) is 7.59. The maximum absolute atomic E-state index is 2.32. The lowest BCUT2D eigenvalue weighted by Crippen LogP contribution is -2.14. The minimum atomic E-state index is 0.472. The highest BCUT2D eigenvalue weighted by Gasteiger charge is 2.19. The first-order chi connectivity index (χ1) is 10.2. The second kappa shape index (κ2) is 5.77. The average Bonchev–Trinajstić information content (AvgIpc) is 2.81. The molecule has 0 saturated heterocycles. The van der Waals surface area contributed by atoms with Gasteiger partial charge in [0.1, 0.15) is 0 Å². The molecule has 21 heavy (non-hydrogen) atoms. The molecule has 1 radical (unpaired) electrons. The van der Waals surface area contributed by atoms with E-state index in [2.05, 4.69) is 88.8 Å². The number of allylic oxidation sites excluding steroid dienone is 6. The van der Waals surface area contributed by atoms with Crippen LogP contribution in [0.3, 0.4) is 0 Å². The van der Waals surface area contributed by atoms with Crippen LogP contribution in [0.15, 0.2) is 66.2 Å². The van der Waals surface area contributed by atoms with Crippen LogP contribution >= 0.6 is 0 Å². The van der Waals surface area contributed by atoms with E-state index in [9.17, 15) is 0 Å². The lowest BCUT2D eigenvalue weighted by Gasteiger charge is -2.07. The molecular formula is C20H20B. The van der Waals surface area contributed by atoms with Crippen LogP contribution in [-0.4, -0.2) is 7.28 Å². The molecule has 1 heterocycles. The molecule has 1 atom stereocenters. The summed E-state index contributed by atoms with van der Waals surface area (Å²) >= 11 is 0. The number of benzene rings is 2. The van der Waals surface area contributed by atoms with Crippen molar-refractivity contribution < 1.29 is 0 Å². The lowest BCUT2D eigenvalue weighted by atomic mass is 9.66. The molecule has 2 aromatic carbocycles. The Bertz CT molecular complexity index is 763. The zero-order valence-corrected chi connectivity index (χ0v) is 12.9. The molecule has 2 aromatic rings. The van der Waals surface area contributed by atoms with E-state index in [4.69, 9.17) is 0 Å². The van der Waals surface area contributed by atoms with E-state index >= 15 is 0 Å². The largest absolute Gasteiger partial charge is 0.187 e. The van der Waals surface area contributed by atoms with E-state index in [0.717, 1.165) is 0 Å². The topological polar surface area (TPSA) is 0 Å². The van der Waals surface area contributed by atoms with Crippen molar-refractivity contribution in [2.24, 2.45) is 5.92 Å². The van der Waals surface area contributed by atoms with Crippen molar-refractivity contribution in [2.45, 2.75) is 20.8 Å². The molecule has 0 aromatic heterocycles. The van der Waals surface area contributed by atoms with Gasteiger partial charge in [-0.25, -0.2) is 0 Å². The first kappa shape index (κ1) is 13.9. The Morgan fingerprint density at radius 3 is 2.67 bits per heavy atom. The van der Waals surface area contributed by atoms with Crippen molar-refractivity contribution >= 4 is 29.1 Å². The summed E-state index contributed by atoms with van der Waals surface area (Å²) in [6.07, 6.45) is 8.87. The molecule has 0 nitrogen and oxygen atoms in total. The number of fused-ring (bicyclic) bond motifs is 3. The quantitative estimate of drug-likeness (QED) is 0.561. The molecule has 3 rings (SSSR count). The van der Waals surface area contributed by atoms with Crippen molar-refractivity contribution in [3.8, 4) is 0 Å². The van der Waals surface area contributed by atoms with Crippen molar-refractivity contribution in [3.63, 3.8) is 0 Å². The van der Waals surface area contributed by atoms with Gasteiger partial charge in [-0.3, -0.25) is 0 Å². The summed E-state index contributed by atoms with van der Waals surface area (Å²) in [4.78, 5) is 0. The molecule has 0 amide bonds. The van der Waals surface area contributed by atoms with Crippen LogP contribution < -0.4 is 5.46 Å². The van der Waals surface area contributed by atoms with Crippen molar-refractivity contribution in [3.05, 3.63) is 71.7 Å². The molecule has 0 bridgehead atoms. The number of hydrogen-bond acceptors (Lipinski definition) is 0. The minimum absolute atomic E-state index is 0.472. The molecule has 1 heteroatoms. The number of hydrogen-bond donors (Lipinski definition) is 0.